The molecule has 0 radical (unpaired) electrons. The molecular weight excluding hydrogens is 261 g/mol. The second-order valence-electron chi connectivity index (χ2n) is 4.12. The van der Waals surface area contributed by atoms with E-state index in [1.54, 1.807) is 12.1 Å². The van der Waals surface area contributed by atoms with Gasteiger partial charge in [-0.25, -0.2) is 9.18 Å². The van der Waals surface area contributed by atoms with Gasteiger partial charge in [-0.2, -0.15) is 0 Å². The van der Waals surface area contributed by atoms with E-state index in [4.69, 9.17) is 9.84 Å². The van der Waals surface area contributed by atoms with Crippen LogP contribution in [0.1, 0.15) is 19.4 Å². The lowest BCUT2D eigenvalue weighted by Gasteiger charge is -2.25. The molecule has 110 valence electrons. The van der Waals surface area contributed by atoms with Gasteiger partial charge in [0.25, 0.3) is 0 Å². The van der Waals surface area contributed by atoms with Crippen LogP contribution in [-0.2, 0) is 9.53 Å². The Labute approximate surface area is 118 Å². The van der Waals surface area contributed by atoms with Crippen LogP contribution in [-0.4, -0.2) is 37.4 Å². The Kier molecular flexibility index (Phi) is 6.73. The third-order valence-electron chi connectivity index (χ3n) is 2.85. The molecule has 1 aromatic carbocycles. The first kappa shape index (κ1) is 16.2. The van der Waals surface area contributed by atoms with E-state index in [0.29, 0.717) is 32.0 Å². The minimum Gasteiger partial charge on any atom is -0.478 e. The molecule has 20 heavy (non-hydrogen) atoms. The quantitative estimate of drug-likeness (QED) is 0.588. The number of aliphatic carboxylic acids is 1. The summed E-state index contributed by atoms with van der Waals surface area (Å²) in [6.45, 7) is 6.36. The van der Waals surface area contributed by atoms with E-state index in [0.717, 1.165) is 6.08 Å². The van der Waals surface area contributed by atoms with Gasteiger partial charge in [-0.15, -0.1) is 0 Å². The summed E-state index contributed by atoms with van der Waals surface area (Å²) in [5.74, 6) is -1.54. The fourth-order valence-electron chi connectivity index (χ4n) is 1.89. The average molecular weight is 281 g/mol. The summed E-state index contributed by atoms with van der Waals surface area (Å²) >= 11 is 0. The Morgan fingerprint density at radius 3 is 2.80 bits per heavy atom. The molecule has 0 saturated heterocycles. The molecule has 0 aromatic heterocycles. The van der Waals surface area contributed by atoms with E-state index in [-0.39, 0.29) is 5.56 Å². The number of carbonyl (C=O) groups is 1. The van der Waals surface area contributed by atoms with Crippen LogP contribution in [0.3, 0.4) is 0 Å². The van der Waals surface area contributed by atoms with Gasteiger partial charge < -0.3 is 14.7 Å². The fourth-order valence-corrected chi connectivity index (χ4v) is 1.89. The number of halogens is 1. The summed E-state index contributed by atoms with van der Waals surface area (Å²) in [6.07, 6.45) is 2.23. The van der Waals surface area contributed by atoms with Gasteiger partial charge in [0.15, 0.2) is 0 Å². The maximum Gasteiger partial charge on any atom is 0.328 e. The normalized spacial score (nSPS) is 10.9. The Bertz CT molecular complexity index is 474. The number of rotatable bonds is 8. The van der Waals surface area contributed by atoms with Crippen molar-refractivity contribution in [3.8, 4) is 0 Å². The van der Waals surface area contributed by atoms with Crippen molar-refractivity contribution in [3.05, 3.63) is 35.7 Å². The summed E-state index contributed by atoms with van der Waals surface area (Å²) in [6, 6.07) is 4.72. The van der Waals surface area contributed by atoms with E-state index in [1.165, 1.54) is 12.1 Å². The van der Waals surface area contributed by atoms with E-state index in [9.17, 15) is 9.18 Å². The average Bonchev–Trinajstić information content (AvgIpc) is 2.42. The van der Waals surface area contributed by atoms with E-state index in [1.807, 2.05) is 18.7 Å². The second-order valence-corrected chi connectivity index (χ2v) is 4.12. The van der Waals surface area contributed by atoms with Crippen LogP contribution >= 0.6 is 0 Å². The number of ether oxygens (including phenoxy) is 1. The molecule has 0 atom stereocenters. The Morgan fingerprint density at radius 1 is 1.45 bits per heavy atom. The van der Waals surface area contributed by atoms with Crippen molar-refractivity contribution < 1.29 is 19.0 Å². The van der Waals surface area contributed by atoms with Crippen LogP contribution < -0.4 is 4.90 Å². The van der Waals surface area contributed by atoms with Gasteiger partial charge in [-0.1, -0.05) is 6.07 Å². The Balaban J connectivity index is 3.01. The summed E-state index contributed by atoms with van der Waals surface area (Å²) in [5.41, 5.74) is 0.956. The van der Waals surface area contributed by atoms with Gasteiger partial charge in [0.2, 0.25) is 0 Å². The Morgan fingerprint density at radius 2 is 2.20 bits per heavy atom. The molecule has 0 unspecified atom stereocenters. The molecule has 5 heteroatoms. The van der Waals surface area contributed by atoms with E-state index in [2.05, 4.69) is 0 Å². The number of nitrogens with zero attached hydrogens (tertiary/aromatic N) is 1. The summed E-state index contributed by atoms with van der Waals surface area (Å²) < 4.78 is 19.2. The Hall–Kier alpha value is -1.88. The largest absolute Gasteiger partial charge is 0.478 e. The van der Waals surface area contributed by atoms with Gasteiger partial charge in [0.05, 0.1) is 6.61 Å². The second kappa shape index (κ2) is 8.32. The molecule has 4 nitrogen and oxygen atoms in total. The first-order chi connectivity index (χ1) is 9.60. The minimum absolute atomic E-state index is 0.285. The summed E-state index contributed by atoms with van der Waals surface area (Å²) in [4.78, 5) is 12.6. The topological polar surface area (TPSA) is 49.8 Å². The van der Waals surface area contributed by atoms with Gasteiger partial charge in [-0.3, -0.25) is 0 Å². The first-order valence-electron chi connectivity index (χ1n) is 6.62. The SMILES string of the molecule is CCOCCN(CC)c1cccc(F)c1/C=C/C(=O)O. The highest BCUT2D eigenvalue weighted by Gasteiger charge is 2.12. The van der Waals surface area contributed by atoms with Gasteiger partial charge in [-0.05, 0) is 32.1 Å². The smallest absolute Gasteiger partial charge is 0.328 e. The highest BCUT2D eigenvalue weighted by molar-refractivity contribution is 5.87. The number of hydrogen-bond acceptors (Lipinski definition) is 3. The maximum absolute atomic E-state index is 13.9. The number of benzene rings is 1. The monoisotopic (exact) mass is 281 g/mol. The van der Waals surface area contributed by atoms with Crippen LogP contribution in [0.25, 0.3) is 6.08 Å². The van der Waals surface area contributed by atoms with Crippen LogP contribution in [0, 0.1) is 5.82 Å². The molecular formula is C15H20FNO3. The predicted molar refractivity (Wildman–Crippen MR) is 77.4 cm³/mol. The van der Waals surface area contributed by atoms with Gasteiger partial charge in [0, 0.05) is 37.0 Å². The third kappa shape index (κ3) is 4.66. The van der Waals surface area contributed by atoms with Gasteiger partial charge >= 0.3 is 5.97 Å². The number of anilines is 1. The van der Waals surface area contributed by atoms with Crippen LogP contribution in [0.15, 0.2) is 24.3 Å². The molecule has 0 bridgehead atoms. The highest BCUT2D eigenvalue weighted by atomic mass is 19.1. The molecule has 0 spiro atoms. The molecule has 0 saturated carbocycles. The third-order valence-corrected chi connectivity index (χ3v) is 2.85. The van der Waals surface area contributed by atoms with Crippen molar-refractivity contribution in [2.75, 3.05) is 31.2 Å². The van der Waals surface area contributed by atoms with Crippen molar-refractivity contribution in [1.29, 1.82) is 0 Å². The van der Waals surface area contributed by atoms with Crippen LogP contribution in [0.2, 0.25) is 0 Å². The van der Waals surface area contributed by atoms with E-state index >= 15 is 0 Å². The predicted octanol–water partition coefficient (Wildman–Crippen LogP) is 2.79. The number of hydrogen-bond donors (Lipinski definition) is 1. The molecule has 0 fully saturated rings. The molecule has 0 aliphatic rings. The summed E-state index contributed by atoms with van der Waals surface area (Å²) in [5, 5.41) is 8.68. The number of carboxylic acid groups (broad SMARTS) is 1. The van der Waals surface area contributed by atoms with Crippen molar-refractivity contribution in [3.63, 3.8) is 0 Å². The molecule has 1 aromatic rings. The van der Waals surface area contributed by atoms with E-state index < -0.39 is 11.8 Å². The van der Waals surface area contributed by atoms with Gasteiger partial charge in [0.1, 0.15) is 5.82 Å². The zero-order valence-corrected chi connectivity index (χ0v) is 11.8. The van der Waals surface area contributed by atoms with Crippen LogP contribution in [0.4, 0.5) is 10.1 Å². The lowest BCUT2D eigenvalue weighted by atomic mass is 10.1. The lowest BCUT2D eigenvalue weighted by Crippen LogP contribution is -2.28. The van der Waals surface area contributed by atoms with Crippen molar-refractivity contribution in [1.82, 2.24) is 0 Å². The molecule has 1 rings (SSSR count). The van der Waals surface area contributed by atoms with Crippen LogP contribution in [0.5, 0.6) is 0 Å². The van der Waals surface area contributed by atoms with Crippen molar-refractivity contribution >= 4 is 17.7 Å². The molecule has 0 heterocycles. The first-order valence-corrected chi connectivity index (χ1v) is 6.62. The summed E-state index contributed by atoms with van der Waals surface area (Å²) in [7, 11) is 0. The maximum atomic E-state index is 13.9. The lowest BCUT2D eigenvalue weighted by molar-refractivity contribution is -0.131. The van der Waals surface area contributed by atoms with Crippen molar-refractivity contribution in [2.45, 2.75) is 13.8 Å². The standard InChI is InChI=1S/C15H20FNO3/c1-3-17(10-11-20-4-2)14-7-5-6-13(16)12(14)8-9-15(18)19/h5-9H,3-4,10-11H2,1-2H3,(H,18,19)/b9-8+. The fraction of sp³-hybridized carbons (Fsp3) is 0.400. The highest BCUT2D eigenvalue weighted by Crippen LogP contribution is 2.24. The minimum atomic E-state index is -1.10. The number of likely N-dealkylation sites (N-methyl/N-ethyl adjacent to an activating group) is 1. The number of carboxylic acids is 1. The molecule has 1 N–H and O–H groups in total. The zero-order valence-electron chi connectivity index (χ0n) is 11.8. The molecule has 0 aliphatic heterocycles. The molecule has 0 aliphatic carbocycles. The zero-order chi connectivity index (χ0) is 15.0. The van der Waals surface area contributed by atoms with Crippen molar-refractivity contribution in [2.24, 2.45) is 0 Å². The molecule has 0 amide bonds.